The molecule has 0 aliphatic heterocycles. The summed E-state index contributed by atoms with van der Waals surface area (Å²) >= 11 is 0. The molecule has 0 aliphatic rings. The van der Waals surface area contributed by atoms with Gasteiger partial charge in [0.05, 0.1) is 14.5 Å². The van der Waals surface area contributed by atoms with Gasteiger partial charge >= 0.3 is 0 Å². The number of rotatable bonds is 3. The van der Waals surface area contributed by atoms with Crippen LogP contribution < -0.4 is 4.74 Å². The first-order chi connectivity index (χ1) is 5.75. The van der Waals surface area contributed by atoms with Crippen LogP contribution in [0.4, 0.5) is 0 Å². The van der Waals surface area contributed by atoms with Crippen LogP contribution in [0.2, 0.25) is 6.32 Å². The van der Waals surface area contributed by atoms with Crippen molar-refractivity contribution in [2.24, 2.45) is 0 Å². The van der Waals surface area contributed by atoms with Crippen LogP contribution in [0.5, 0.6) is 5.75 Å². The third kappa shape index (κ3) is 2.03. The van der Waals surface area contributed by atoms with Gasteiger partial charge in [0.1, 0.15) is 5.75 Å². The smallest absolute Gasteiger partial charge is 0.125 e. The fourth-order valence-electron chi connectivity index (χ4n) is 1.19. The van der Waals surface area contributed by atoms with Gasteiger partial charge in [0, 0.05) is 0 Å². The summed E-state index contributed by atoms with van der Waals surface area (Å²) in [5.41, 5.74) is 2.34. The zero-order valence-electron chi connectivity index (χ0n) is 7.63. The van der Waals surface area contributed by atoms with Gasteiger partial charge in [-0.3, -0.25) is 0 Å². The maximum absolute atomic E-state index is 5.49. The molecular weight excluding hydrogens is 147 g/mol. The number of benzene rings is 1. The molecular formula is C10H13BO. The molecule has 0 unspecified atom stereocenters. The Labute approximate surface area is 75.2 Å². The fraction of sp³-hybridized carbons (Fsp3) is 0.400. The van der Waals surface area contributed by atoms with Crippen molar-refractivity contribution in [3.63, 3.8) is 0 Å². The van der Waals surface area contributed by atoms with Crippen molar-refractivity contribution in [3.8, 4) is 5.75 Å². The van der Waals surface area contributed by atoms with Crippen LogP contribution in [-0.4, -0.2) is 14.5 Å². The van der Waals surface area contributed by atoms with Gasteiger partial charge in [0.25, 0.3) is 0 Å². The standard InChI is InChI=1S/C10H13BO/c1-8-4-3-5-9(2)10(8)12-7-6-11/h3-5H,6-7H2,1-2H3. The van der Waals surface area contributed by atoms with Crippen molar-refractivity contribution in [1.82, 2.24) is 0 Å². The minimum Gasteiger partial charge on any atom is -0.494 e. The highest BCUT2D eigenvalue weighted by Gasteiger charge is 2.00. The molecule has 2 radical (unpaired) electrons. The number of para-hydroxylation sites is 1. The van der Waals surface area contributed by atoms with E-state index in [2.05, 4.69) is 0 Å². The van der Waals surface area contributed by atoms with Gasteiger partial charge in [0.2, 0.25) is 0 Å². The molecule has 0 aromatic heterocycles. The predicted octanol–water partition coefficient (Wildman–Crippen LogP) is 2.27. The Morgan fingerprint density at radius 1 is 1.25 bits per heavy atom. The molecule has 0 atom stereocenters. The monoisotopic (exact) mass is 160 g/mol. The van der Waals surface area contributed by atoms with Gasteiger partial charge < -0.3 is 4.74 Å². The Morgan fingerprint density at radius 2 is 1.83 bits per heavy atom. The average Bonchev–Trinajstić information content (AvgIpc) is 2.04. The summed E-state index contributed by atoms with van der Waals surface area (Å²) in [6.45, 7) is 4.67. The molecule has 12 heavy (non-hydrogen) atoms. The summed E-state index contributed by atoms with van der Waals surface area (Å²) in [4.78, 5) is 0. The van der Waals surface area contributed by atoms with Crippen molar-refractivity contribution in [2.75, 3.05) is 6.61 Å². The summed E-state index contributed by atoms with van der Waals surface area (Å²) in [5.74, 6) is 0.975. The SMILES string of the molecule is [B]CCOc1c(C)cccc1C. The first kappa shape index (κ1) is 9.18. The van der Waals surface area contributed by atoms with Crippen molar-refractivity contribution >= 4 is 7.85 Å². The second kappa shape index (κ2) is 4.20. The molecule has 1 aromatic carbocycles. The van der Waals surface area contributed by atoms with E-state index in [4.69, 9.17) is 12.6 Å². The summed E-state index contributed by atoms with van der Waals surface area (Å²) in [5, 5.41) is 0. The van der Waals surface area contributed by atoms with Gasteiger partial charge in [0.15, 0.2) is 0 Å². The third-order valence-electron chi connectivity index (χ3n) is 1.77. The number of hydrogen-bond acceptors (Lipinski definition) is 1. The highest BCUT2D eigenvalue weighted by atomic mass is 16.5. The lowest BCUT2D eigenvalue weighted by atomic mass is 10.1. The van der Waals surface area contributed by atoms with E-state index in [1.54, 1.807) is 0 Å². The van der Waals surface area contributed by atoms with E-state index in [0.717, 1.165) is 5.75 Å². The summed E-state index contributed by atoms with van der Waals surface area (Å²) in [7, 11) is 5.35. The summed E-state index contributed by atoms with van der Waals surface area (Å²) in [6.07, 6.45) is 0.563. The van der Waals surface area contributed by atoms with E-state index in [1.165, 1.54) is 11.1 Å². The number of hydrogen-bond donors (Lipinski definition) is 0. The minimum absolute atomic E-state index is 0.563. The molecule has 1 aromatic rings. The topological polar surface area (TPSA) is 9.23 Å². The molecule has 1 nitrogen and oxygen atoms in total. The fourth-order valence-corrected chi connectivity index (χ4v) is 1.19. The lowest BCUT2D eigenvalue weighted by Gasteiger charge is -2.10. The van der Waals surface area contributed by atoms with E-state index in [1.807, 2.05) is 32.0 Å². The van der Waals surface area contributed by atoms with Gasteiger partial charge in [-0.2, -0.15) is 0 Å². The lowest BCUT2D eigenvalue weighted by Crippen LogP contribution is -1.99. The molecule has 62 valence electrons. The highest BCUT2D eigenvalue weighted by Crippen LogP contribution is 2.22. The van der Waals surface area contributed by atoms with Crippen molar-refractivity contribution in [3.05, 3.63) is 29.3 Å². The molecule has 0 aliphatic carbocycles. The predicted molar refractivity (Wildman–Crippen MR) is 52.0 cm³/mol. The van der Waals surface area contributed by atoms with Crippen molar-refractivity contribution in [2.45, 2.75) is 20.2 Å². The lowest BCUT2D eigenvalue weighted by molar-refractivity contribution is 0.335. The summed E-state index contributed by atoms with van der Waals surface area (Å²) in [6, 6.07) is 6.11. The largest absolute Gasteiger partial charge is 0.494 e. The maximum Gasteiger partial charge on any atom is 0.125 e. The zero-order chi connectivity index (χ0) is 8.97. The van der Waals surface area contributed by atoms with E-state index in [9.17, 15) is 0 Å². The number of ether oxygens (including phenoxy) is 1. The first-order valence-corrected chi connectivity index (χ1v) is 4.15. The van der Waals surface area contributed by atoms with Crippen LogP contribution >= 0.6 is 0 Å². The Morgan fingerprint density at radius 3 is 2.33 bits per heavy atom. The van der Waals surface area contributed by atoms with Gasteiger partial charge in [-0.15, -0.1) is 0 Å². The molecule has 0 amide bonds. The third-order valence-corrected chi connectivity index (χ3v) is 1.77. The Bertz CT molecular complexity index is 238. The molecule has 0 saturated carbocycles. The highest BCUT2D eigenvalue weighted by molar-refractivity contribution is 6.08. The Hall–Kier alpha value is -0.915. The zero-order valence-corrected chi connectivity index (χ0v) is 7.63. The van der Waals surface area contributed by atoms with Gasteiger partial charge in [-0.25, -0.2) is 0 Å². The van der Waals surface area contributed by atoms with Crippen LogP contribution in [0, 0.1) is 13.8 Å². The van der Waals surface area contributed by atoms with E-state index >= 15 is 0 Å². The van der Waals surface area contributed by atoms with Crippen molar-refractivity contribution < 1.29 is 4.74 Å². The van der Waals surface area contributed by atoms with E-state index < -0.39 is 0 Å². The first-order valence-electron chi connectivity index (χ1n) is 4.15. The average molecular weight is 160 g/mol. The van der Waals surface area contributed by atoms with E-state index in [0.29, 0.717) is 12.9 Å². The van der Waals surface area contributed by atoms with Crippen LogP contribution in [-0.2, 0) is 0 Å². The molecule has 0 fully saturated rings. The molecule has 0 saturated heterocycles. The van der Waals surface area contributed by atoms with Gasteiger partial charge in [-0.05, 0) is 25.0 Å². The normalized spacial score (nSPS) is 9.83. The quantitative estimate of drug-likeness (QED) is 0.616. The molecule has 0 N–H and O–H groups in total. The van der Waals surface area contributed by atoms with Crippen LogP contribution in [0.1, 0.15) is 11.1 Å². The van der Waals surface area contributed by atoms with Crippen LogP contribution in [0.3, 0.4) is 0 Å². The summed E-state index contributed by atoms with van der Waals surface area (Å²) < 4.78 is 5.49. The molecule has 0 heterocycles. The molecule has 2 heteroatoms. The van der Waals surface area contributed by atoms with Gasteiger partial charge in [-0.1, -0.05) is 24.5 Å². The van der Waals surface area contributed by atoms with E-state index in [-0.39, 0.29) is 0 Å². The minimum atomic E-state index is 0.563. The van der Waals surface area contributed by atoms with Crippen molar-refractivity contribution in [1.29, 1.82) is 0 Å². The second-order valence-electron chi connectivity index (χ2n) is 2.86. The molecule has 0 spiro atoms. The Balaban J connectivity index is 2.81. The van der Waals surface area contributed by atoms with Crippen LogP contribution in [0.15, 0.2) is 18.2 Å². The molecule has 0 bridgehead atoms. The second-order valence-corrected chi connectivity index (χ2v) is 2.86. The number of aryl methyl sites for hydroxylation is 2. The Kier molecular flexibility index (Phi) is 3.21. The molecule has 1 rings (SSSR count). The van der Waals surface area contributed by atoms with Crippen LogP contribution in [0.25, 0.3) is 0 Å². The maximum atomic E-state index is 5.49.